The van der Waals surface area contributed by atoms with E-state index in [1.165, 1.54) is 6.07 Å². The number of nitrogen functional groups attached to an aromatic ring is 1. The highest BCUT2D eigenvalue weighted by Gasteiger charge is 2.15. The van der Waals surface area contributed by atoms with Gasteiger partial charge in [-0.2, -0.15) is 4.98 Å². The third-order valence-corrected chi connectivity index (χ3v) is 2.29. The summed E-state index contributed by atoms with van der Waals surface area (Å²) in [6.07, 6.45) is 2.36. The molecule has 0 aromatic carbocycles. The van der Waals surface area contributed by atoms with Gasteiger partial charge in [0.1, 0.15) is 5.82 Å². The Kier molecular flexibility index (Phi) is 2.86. The van der Waals surface area contributed by atoms with Crippen LogP contribution < -0.4 is 16.6 Å². The fourth-order valence-corrected chi connectivity index (χ4v) is 1.59. The van der Waals surface area contributed by atoms with E-state index in [0.717, 1.165) is 19.4 Å². The van der Waals surface area contributed by atoms with Crippen molar-refractivity contribution in [3.63, 3.8) is 0 Å². The predicted molar refractivity (Wildman–Crippen MR) is 56.7 cm³/mol. The highest BCUT2D eigenvalue weighted by atomic mass is 16.5. The molecule has 0 bridgehead atoms. The Morgan fingerprint density at radius 2 is 2.60 bits per heavy atom. The first-order valence-electron chi connectivity index (χ1n) is 4.96. The smallest absolute Gasteiger partial charge is 0.254 e. The minimum Gasteiger partial charge on any atom is -0.376 e. The van der Waals surface area contributed by atoms with Gasteiger partial charge in [0, 0.05) is 19.2 Å². The molecule has 4 N–H and O–H groups in total. The van der Waals surface area contributed by atoms with E-state index in [1.54, 1.807) is 0 Å². The van der Waals surface area contributed by atoms with Gasteiger partial charge in [-0.15, -0.1) is 0 Å². The van der Waals surface area contributed by atoms with Gasteiger partial charge in [0.25, 0.3) is 5.56 Å². The average Bonchev–Trinajstić information content (AvgIpc) is 2.65. The van der Waals surface area contributed by atoms with Gasteiger partial charge in [0.05, 0.1) is 6.10 Å². The molecule has 2 heterocycles. The van der Waals surface area contributed by atoms with Gasteiger partial charge < -0.3 is 15.8 Å². The fraction of sp³-hybridized carbons (Fsp3) is 0.556. The summed E-state index contributed by atoms with van der Waals surface area (Å²) in [6.45, 7) is 1.48. The lowest BCUT2D eigenvalue weighted by Gasteiger charge is -2.10. The quantitative estimate of drug-likeness (QED) is 0.650. The van der Waals surface area contributed by atoms with E-state index >= 15 is 0 Å². The number of hydrogen-bond donors (Lipinski definition) is 3. The van der Waals surface area contributed by atoms with Gasteiger partial charge in [0.15, 0.2) is 0 Å². The Morgan fingerprint density at radius 3 is 3.27 bits per heavy atom. The maximum absolute atomic E-state index is 11.1. The van der Waals surface area contributed by atoms with E-state index in [2.05, 4.69) is 15.3 Å². The summed E-state index contributed by atoms with van der Waals surface area (Å²) in [4.78, 5) is 17.4. The van der Waals surface area contributed by atoms with E-state index in [4.69, 9.17) is 10.5 Å². The molecule has 0 saturated carbocycles. The number of anilines is 2. The van der Waals surface area contributed by atoms with Gasteiger partial charge >= 0.3 is 0 Å². The van der Waals surface area contributed by atoms with E-state index in [9.17, 15) is 4.79 Å². The summed E-state index contributed by atoms with van der Waals surface area (Å²) in [5, 5.41) is 3.03. The Labute approximate surface area is 86.9 Å². The van der Waals surface area contributed by atoms with Crippen LogP contribution in [0.4, 0.5) is 11.8 Å². The van der Waals surface area contributed by atoms with Crippen molar-refractivity contribution in [3.8, 4) is 0 Å². The molecule has 1 aromatic heterocycles. The molecule has 2 rings (SSSR count). The molecule has 82 valence electrons. The second-order valence-corrected chi connectivity index (χ2v) is 3.53. The first-order valence-corrected chi connectivity index (χ1v) is 4.96. The summed E-state index contributed by atoms with van der Waals surface area (Å²) < 4.78 is 5.43. The number of hydrogen-bond acceptors (Lipinski definition) is 5. The molecule has 6 nitrogen and oxygen atoms in total. The van der Waals surface area contributed by atoms with Crippen LogP contribution in [-0.2, 0) is 4.74 Å². The fourth-order valence-electron chi connectivity index (χ4n) is 1.59. The van der Waals surface area contributed by atoms with Crippen molar-refractivity contribution in [1.82, 2.24) is 9.97 Å². The molecule has 1 aliphatic heterocycles. The molecule has 0 amide bonds. The molecule has 0 spiro atoms. The molecule has 1 unspecified atom stereocenters. The first kappa shape index (κ1) is 9.97. The Hall–Kier alpha value is -1.56. The van der Waals surface area contributed by atoms with Crippen molar-refractivity contribution in [2.75, 3.05) is 24.2 Å². The zero-order valence-electron chi connectivity index (χ0n) is 8.32. The molecule has 1 aliphatic rings. The van der Waals surface area contributed by atoms with Crippen molar-refractivity contribution in [3.05, 3.63) is 16.4 Å². The van der Waals surface area contributed by atoms with Crippen molar-refractivity contribution < 1.29 is 4.74 Å². The van der Waals surface area contributed by atoms with Crippen molar-refractivity contribution >= 4 is 11.8 Å². The standard InChI is InChI=1S/C9H14N4O2/c10-9-12-7(4-8(14)13-9)11-5-6-2-1-3-15-6/h4,6H,1-3,5H2,(H4,10,11,12,13,14). The van der Waals surface area contributed by atoms with Crippen LogP contribution in [0.1, 0.15) is 12.8 Å². The van der Waals surface area contributed by atoms with Crippen LogP contribution in [0.5, 0.6) is 0 Å². The molecule has 15 heavy (non-hydrogen) atoms. The normalized spacial score (nSPS) is 20.4. The van der Waals surface area contributed by atoms with Gasteiger partial charge in [-0.05, 0) is 12.8 Å². The SMILES string of the molecule is Nc1nc(NCC2CCCO2)cc(=O)[nH]1. The summed E-state index contributed by atoms with van der Waals surface area (Å²) in [7, 11) is 0. The molecular formula is C9H14N4O2. The summed E-state index contributed by atoms with van der Waals surface area (Å²) in [6, 6.07) is 1.38. The van der Waals surface area contributed by atoms with Crippen LogP contribution in [0.3, 0.4) is 0 Å². The topological polar surface area (TPSA) is 93.0 Å². The minimum absolute atomic E-state index is 0.123. The van der Waals surface area contributed by atoms with Crippen molar-refractivity contribution in [2.45, 2.75) is 18.9 Å². The summed E-state index contributed by atoms with van der Waals surface area (Å²) >= 11 is 0. The third kappa shape index (κ3) is 2.69. The van der Waals surface area contributed by atoms with Crippen molar-refractivity contribution in [2.24, 2.45) is 0 Å². The lowest BCUT2D eigenvalue weighted by molar-refractivity contribution is 0.120. The van der Waals surface area contributed by atoms with Gasteiger partial charge in [-0.3, -0.25) is 9.78 Å². The van der Waals surface area contributed by atoms with Crippen LogP contribution in [-0.4, -0.2) is 29.2 Å². The minimum atomic E-state index is -0.252. The number of nitrogens with one attached hydrogen (secondary N) is 2. The second kappa shape index (κ2) is 4.31. The number of rotatable bonds is 3. The van der Waals surface area contributed by atoms with E-state index < -0.39 is 0 Å². The van der Waals surface area contributed by atoms with E-state index in [-0.39, 0.29) is 17.6 Å². The molecule has 1 atom stereocenters. The molecule has 0 aliphatic carbocycles. The highest BCUT2D eigenvalue weighted by Crippen LogP contribution is 2.12. The number of aromatic nitrogens is 2. The van der Waals surface area contributed by atoms with Gasteiger partial charge in [0.2, 0.25) is 5.95 Å². The number of H-pyrrole nitrogens is 1. The average molecular weight is 210 g/mol. The van der Waals surface area contributed by atoms with Gasteiger partial charge in [-0.25, -0.2) is 0 Å². The number of nitrogens with zero attached hydrogens (tertiary/aromatic N) is 1. The number of nitrogens with two attached hydrogens (primary N) is 1. The monoisotopic (exact) mass is 210 g/mol. The van der Waals surface area contributed by atoms with Crippen molar-refractivity contribution in [1.29, 1.82) is 0 Å². The maximum Gasteiger partial charge on any atom is 0.254 e. The summed E-state index contributed by atoms with van der Waals surface area (Å²) in [5.41, 5.74) is 5.15. The molecule has 0 radical (unpaired) electrons. The second-order valence-electron chi connectivity index (χ2n) is 3.53. The molecule has 1 aromatic rings. The van der Waals surface area contributed by atoms with Crippen LogP contribution in [0, 0.1) is 0 Å². The zero-order valence-corrected chi connectivity index (χ0v) is 8.32. The maximum atomic E-state index is 11.1. The molecule has 1 saturated heterocycles. The Bertz CT molecular complexity index is 384. The molecular weight excluding hydrogens is 196 g/mol. The third-order valence-electron chi connectivity index (χ3n) is 2.29. The molecule has 6 heteroatoms. The molecule has 1 fully saturated rings. The zero-order chi connectivity index (χ0) is 10.7. The van der Waals surface area contributed by atoms with Crippen LogP contribution in [0.2, 0.25) is 0 Å². The predicted octanol–water partition coefficient (Wildman–Crippen LogP) is -0.0570. The lowest BCUT2D eigenvalue weighted by Crippen LogP contribution is -2.21. The Balaban J connectivity index is 1.95. The van der Waals surface area contributed by atoms with Crippen LogP contribution in [0.15, 0.2) is 10.9 Å². The largest absolute Gasteiger partial charge is 0.376 e. The highest BCUT2D eigenvalue weighted by molar-refractivity contribution is 5.37. The van der Waals surface area contributed by atoms with Crippen LogP contribution >= 0.6 is 0 Å². The Morgan fingerprint density at radius 1 is 1.73 bits per heavy atom. The number of aromatic amines is 1. The first-order chi connectivity index (χ1) is 7.24. The van der Waals surface area contributed by atoms with Crippen LogP contribution in [0.25, 0.3) is 0 Å². The van der Waals surface area contributed by atoms with E-state index in [0.29, 0.717) is 12.4 Å². The van der Waals surface area contributed by atoms with E-state index in [1.807, 2.05) is 0 Å². The summed E-state index contributed by atoms with van der Waals surface area (Å²) in [5.74, 6) is 0.615. The van der Waals surface area contributed by atoms with Gasteiger partial charge in [-0.1, -0.05) is 0 Å². The lowest BCUT2D eigenvalue weighted by atomic mass is 10.2. The number of ether oxygens (including phenoxy) is 1.